The number of hydrogen-bond acceptors (Lipinski definition) is 2. The lowest BCUT2D eigenvalue weighted by molar-refractivity contribution is 0.476. The van der Waals surface area contributed by atoms with Crippen LogP contribution in [0.4, 0.5) is 0 Å². The van der Waals surface area contributed by atoms with Crippen LogP contribution in [0.15, 0.2) is 30.6 Å². The maximum atomic E-state index is 5.92. The molecule has 0 amide bonds. The third-order valence-electron chi connectivity index (χ3n) is 2.65. The van der Waals surface area contributed by atoms with Crippen LogP contribution in [0, 0.1) is 6.92 Å². The quantitative estimate of drug-likeness (QED) is 0.759. The third kappa shape index (κ3) is 3.05. The normalized spacial score (nSPS) is 10.6. The van der Waals surface area contributed by atoms with E-state index in [1.807, 2.05) is 36.0 Å². The summed E-state index contributed by atoms with van der Waals surface area (Å²) in [4.78, 5) is 0. The number of halogens is 1. The summed E-state index contributed by atoms with van der Waals surface area (Å²) in [6, 6.07) is 6.00. The molecule has 0 spiro atoms. The SMILES string of the molecule is CCCn1cc(Oc2ccc(C)cc2CCl)cn1. The van der Waals surface area contributed by atoms with Crippen molar-refractivity contribution in [3.05, 3.63) is 41.7 Å². The zero-order valence-corrected chi connectivity index (χ0v) is 11.4. The Kier molecular flexibility index (Phi) is 4.26. The number of aryl methyl sites for hydroxylation is 2. The Hall–Kier alpha value is -1.48. The van der Waals surface area contributed by atoms with Gasteiger partial charge in [-0.25, -0.2) is 0 Å². The lowest BCUT2D eigenvalue weighted by Crippen LogP contribution is -1.95. The second-order valence-corrected chi connectivity index (χ2v) is 4.55. The first-order valence-electron chi connectivity index (χ1n) is 6.08. The van der Waals surface area contributed by atoms with Crippen LogP contribution in [0.2, 0.25) is 0 Å². The molecule has 1 heterocycles. The van der Waals surface area contributed by atoms with Gasteiger partial charge in [-0.1, -0.05) is 24.6 Å². The summed E-state index contributed by atoms with van der Waals surface area (Å²) in [7, 11) is 0. The van der Waals surface area contributed by atoms with Gasteiger partial charge in [0.05, 0.1) is 18.3 Å². The molecule has 3 nitrogen and oxygen atoms in total. The molecule has 1 aromatic heterocycles. The highest BCUT2D eigenvalue weighted by Gasteiger charge is 2.06. The van der Waals surface area contributed by atoms with Crippen LogP contribution in [0.3, 0.4) is 0 Å². The summed E-state index contributed by atoms with van der Waals surface area (Å²) < 4.78 is 7.69. The summed E-state index contributed by atoms with van der Waals surface area (Å²) in [6.45, 7) is 5.06. The molecule has 18 heavy (non-hydrogen) atoms. The fraction of sp³-hybridized carbons (Fsp3) is 0.357. The molecule has 2 aromatic rings. The van der Waals surface area contributed by atoms with Crippen LogP contribution in [0.1, 0.15) is 24.5 Å². The number of benzene rings is 1. The van der Waals surface area contributed by atoms with Crippen molar-refractivity contribution < 1.29 is 4.74 Å². The van der Waals surface area contributed by atoms with Crippen molar-refractivity contribution in [3.63, 3.8) is 0 Å². The molecular weight excluding hydrogens is 248 g/mol. The summed E-state index contributed by atoms with van der Waals surface area (Å²) in [5.41, 5.74) is 2.18. The lowest BCUT2D eigenvalue weighted by atomic mass is 10.1. The van der Waals surface area contributed by atoms with Crippen LogP contribution >= 0.6 is 11.6 Å². The van der Waals surface area contributed by atoms with E-state index < -0.39 is 0 Å². The van der Waals surface area contributed by atoms with Crippen molar-refractivity contribution in [2.45, 2.75) is 32.7 Å². The van der Waals surface area contributed by atoms with E-state index in [1.165, 1.54) is 5.56 Å². The van der Waals surface area contributed by atoms with Crippen LogP contribution in [0.5, 0.6) is 11.5 Å². The summed E-state index contributed by atoms with van der Waals surface area (Å²) >= 11 is 5.92. The Bertz CT molecular complexity index is 522. The Morgan fingerprint density at radius 1 is 1.39 bits per heavy atom. The average molecular weight is 265 g/mol. The molecule has 96 valence electrons. The minimum Gasteiger partial charge on any atom is -0.454 e. The molecule has 4 heteroatoms. The molecule has 1 aromatic carbocycles. The Morgan fingerprint density at radius 2 is 2.22 bits per heavy atom. The molecule has 0 radical (unpaired) electrons. The van der Waals surface area contributed by atoms with E-state index in [2.05, 4.69) is 12.0 Å². The second kappa shape index (κ2) is 5.91. The number of nitrogens with zero attached hydrogens (tertiary/aromatic N) is 2. The fourth-order valence-corrected chi connectivity index (χ4v) is 2.00. The zero-order valence-electron chi connectivity index (χ0n) is 10.7. The van der Waals surface area contributed by atoms with Gasteiger partial charge in [0, 0.05) is 12.1 Å². The Morgan fingerprint density at radius 3 is 2.94 bits per heavy atom. The van der Waals surface area contributed by atoms with E-state index in [0.29, 0.717) is 5.88 Å². The number of aromatic nitrogens is 2. The highest BCUT2D eigenvalue weighted by atomic mass is 35.5. The largest absolute Gasteiger partial charge is 0.454 e. The number of ether oxygens (including phenoxy) is 1. The van der Waals surface area contributed by atoms with Crippen LogP contribution in [0.25, 0.3) is 0 Å². The van der Waals surface area contributed by atoms with Gasteiger partial charge in [-0.15, -0.1) is 11.6 Å². The highest BCUT2D eigenvalue weighted by Crippen LogP contribution is 2.27. The van der Waals surface area contributed by atoms with Crippen molar-refractivity contribution in [2.75, 3.05) is 0 Å². The Labute approximate surface area is 112 Å². The Balaban J connectivity index is 2.17. The summed E-state index contributed by atoms with van der Waals surface area (Å²) in [6.07, 6.45) is 4.69. The van der Waals surface area contributed by atoms with Crippen LogP contribution in [-0.4, -0.2) is 9.78 Å². The van der Waals surface area contributed by atoms with E-state index in [0.717, 1.165) is 30.0 Å². The summed E-state index contributed by atoms with van der Waals surface area (Å²) in [5, 5.41) is 4.23. The first-order chi connectivity index (χ1) is 8.72. The first-order valence-corrected chi connectivity index (χ1v) is 6.62. The van der Waals surface area contributed by atoms with Gasteiger partial charge in [-0.3, -0.25) is 4.68 Å². The monoisotopic (exact) mass is 264 g/mol. The minimum absolute atomic E-state index is 0.445. The number of rotatable bonds is 5. The molecule has 0 saturated heterocycles. The van der Waals surface area contributed by atoms with E-state index in [4.69, 9.17) is 16.3 Å². The molecule has 0 N–H and O–H groups in total. The molecule has 0 aliphatic carbocycles. The maximum Gasteiger partial charge on any atom is 0.165 e. The van der Waals surface area contributed by atoms with Crippen molar-refractivity contribution in [1.82, 2.24) is 9.78 Å². The van der Waals surface area contributed by atoms with Gasteiger partial charge < -0.3 is 4.74 Å². The molecule has 0 aliphatic rings. The minimum atomic E-state index is 0.445. The van der Waals surface area contributed by atoms with Crippen LogP contribution < -0.4 is 4.74 Å². The van der Waals surface area contributed by atoms with Gasteiger partial charge in [0.15, 0.2) is 5.75 Å². The van der Waals surface area contributed by atoms with Crippen molar-refractivity contribution in [2.24, 2.45) is 0 Å². The molecule has 2 rings (SSSR count). The first kappa shape index (κ1) is 13.0. The van der Waals surface area contributed by atoms with Gasteiger partial charge in [0.25, 0.3) is 0 Å². The maximum absolute atomic E-state index is 5.92. The average Bonchev–Trinajstić information content (AvgIpc) is 2.79. The highest BCUT2D eigenvalue weighted by molar-refractivity contribution is 6.17. The molecule has 0 aliphatic heterocycles. The van der Waals surface area contributed by atoms with Gasteiger partial charge in [-0.2, -0.15) is 5.10 Å². The molecule has 0 saturated carbocycles. The van der Waals surface area contributed by atoms with Crippen LogP contribution in [-0.2, 0) is 12.4 Å². The molecule has 0 bridgehead atoms. The van der Waals surface area contributed by atoms with Crippen molar-refractivity contribution >= 4 is 11.6 Å². The van der Waals surface area contributed by atoms with Gasteiger partial charge >= 0.3 is 0 Å². The molecule has 0 fully saturated rings. The number of hydrogen-bond donors (Lipinski definition) is 0. The van der Waals surface area contributed by atoms with Gasteiger partial charge in [0.1, 0.15) is 5.75 Å². The summed E-state index contributed by atoms with van der Waals surface area (Å²) in [5.74, 6) is 1.99. The predicted octanol–water partition coefficient (Wildman–Crippen LogP) is 4.13. The standard InChI is InChI=1S/C14H17ClN2O/c1-3-6-17-10-13(9-16-17)18-14-5-4-11(2)7-12(14)8-15/h4-5,7,9-10H,3,6,8H2,1-2H3. The molecule has 0 atom stereocenters. The second-order valence-electron chi connectivity index (χ2n) is 4.29. The zero-order chi connectivity index (χ0) is 13.0. The molecular formula is C14H17ClN2O. The molecule has 0 unspecified atom stereocenters. The lowest BCUT2D eigenvalue weighted by Gasteiger charge is -2.08. The van der Waals surface area contributed by atoms with Gasteiger partial charge in [-0.05, 0) is 19.4 Å². The van der Waals surface area contributed by atoms with Gasteiger partial charge in [0.2, 0.25) is 0 Å². The van der Waals surface area contributed by atoms with E-state index in [1.54, 1.807) is 6.20 Å². The fourth-order valence-electron chi connectivity index (χ4n) is 1.79. The van der Waals surface area contributed by atoms with Crippen molar-refractivity contribution in [1.29, 1.82) is 0 Å². The smallest absolute Gasteiger partial charge is 0.165 e. The van der Waals surface area contributed by atoms with E-state index >= 15 is 0 Å². The topological polar surface area (TPSA) is 27.1 Å². The van der Waals surface area contributed by atoms with E-state index in [-0.39, 0.29) is 0 Å². The van der Waals surface area contributed by atoms with Crippen molar-refractivity contribution in [3.8, 4) is 11.5 Å². The third-order valence-corrected chi connectivity index (χ3v) is 2.94. The predicted molar refractivity (Wildman–Crippen MR) is 73.3 cm³/mol. The number of alkyl halides is 1. The van der Waals surface area contributed by atoms with E-state index in [9.17, 15) is 0 Å².